The highest BCUT2D eigenvalue weighted by atomic mass is 79.9. The maximum Gasteiger partial charge on any atom is 0.416 e. The van der Waals surface area contributed by atoms with Gasteiger partial charge in [-0.3, -0.25) is 0 Å². The second-order valence-corrected chi connectivity index (χ2v) is 6.56. The number of alkyl halides is 3. The minimum atomic E-state index is -4.37. The highest BCUT2D eigenvalue weighted by Gasteiger charge is 2.31. The fourth-order valence-corrected chi connectivity index (χ4v) is 3.30. The number of halogens is 4. The van der Waals surface area contributed by atoms with E-state index in [0.717, 1.165) is 25.0 Å². The van der Waals surface area contributed by atoms with E-state index in [2.05, 4.69) is 21.2 Å². The largest absolute Gasteiger partial charge is 0.416 e. The number of nitrogens with one attached hydrogen (secondary N) is 1. The normalized spacial score (nSPS) is 18.0. The number of anilines is 1. The van der Waals surface area contributed by atoms with Crippen LogP contribution in [0.15, 0.2) is 22.7 Å². The van der Waals surface area contributed by atoms with Crippen molar-refractivity contribution in [3.8, 4) is 0 Å². The summed E-state index contributed by atoms with van der Waals surface area (Å²) in [4.78, 5) is 0. The monoisotopic (exact) mass is 365 g/mol. The molecule has 1 fully saturated rings. The zero-order chi connectivity index (χ0) is 15.5. The van der Waals surface area contributed by atoms with Gasteiger partial charge in [0.15, 0.2) is 0 Å². The van der Waals surface area contributed by atoms with Gasteiger partial charge in [-0.25, -0.2) is 0 Å². The predicted molar refractivity (Wildman–Crippen MR) is 80.2 cm³/mol. The maximum absolute atomic E-state index is 12.7. The summed E-state index contributed by atoms with van der Waals surface area (Å²) in [5.74, 6) is 0.551. The van der Waals surface area contributed by atoms with Crippen molar-refractivity contribution in [1.82, 2.24) is 0 Å². The van der Waals surface area contributed by atoms with E-state index in [4.69, 9.17) is 0 Å². The SMILES string of the molecule is OC(CNc1cc(Br)cc(C(F)(F)F)c1)CC1CCCC1. The Labute approximate surface area is 130 Å². The number of hydrogen-bond donors (Lipinski definition) is 2. The highest BCUT2D eigenvalue weighted by molar-refractivity contribution is 9.10. The second kappa shape index (κ2) is 7.01. The Hall–Kier alpha value is -0.750. The van der Waals surface area contributed by atoms with Crippen molar-refractivity contribution in [3.63, 3.8) is 0 Å². The zero-order valence-electron chi connectivity index (χ0n) is 11.6. The van der Waals surface area contributed by atoms with Crippen molar-refractivity contribution < 1.29 is 18.3 Å². The van der Waals surface area contributed by atoms with Gasteiger partial charge in [0.2, 0.25) is 0 Å². The van der Waals surface area contributed by atoms with Crippen LogP contribution in [0.25, 0.3) is 0 Å². The molecule has 2 nitrogen and oxygen atoms in total. The number of aliphatic hydroxyl groups is 1. The Morgan fingerprint density at radius 3 is 2.52 bits per heavy atom. The highest BCUT2D eigenvalue weighted by Crippen LogP contribution is 2.33. The molecule has 1 aliphatic carbocycles. The van der Waals surface area contributed by atoms with Gasteiger partial charge < -0.3 is 10.4 Å². The fourth-order valence-electron chi connectivity index (χ4n) is 2.81. The van der Waals surface area contributed by atoms with Crippen LogP contribution in [0.3, 0.4) is 0 Å². The molecule has 0 bridgehead atoms. The number of rotatable bonds is 5. The molecule has 1 saturated carbocycles. The van der Waals surface area contributed by atoms with Gasteiger partial charge in [-0.2, -0.15) is 13.2 Å². The maximum atomic E-state index is 12.7. The Morgan fingerprint density at radius 1 is 1.24 bits per heavy atom. The molecule has 0 radical (unpaired) electrons. The van der Waals surface area contributed by atoms with Crippen molar-refractivity contribution in [2.75, 3.05) is 11.9 Å². The van der Waals surface area contributed by atoms with Gasteiger partial charge in [0.1, 0.15) is 0 Å². The molecule has 2 N–H and O–H groups in total. The lowest BCUT2D eigenvalue weighted by molar-refractivity contribution is -0.137. The van der Waals surface area contributed by atoms with E-state index in [1.54, 1.807) is 6.07 Å². The van der Waals surface area contributed by atoms with E-state index >= 15 is 0 Å². The zero-order valence-corrected chi connectivity index (χ0v) is 13.2. The average Bonchev–Trinajstić information content (AvgIpc) is 2.87. The molecule has 0 heterocycles. The summed E-state index contributed by atoms with van der Waals surface area (Å²) in [5, 5.41) is 12.9. The minimum absolute atomic E-state index is 0.268. The van der Waals surface area contributed by atoms with E-state index in [-0.39, 0.29) is 6.54 Å². The first-order valence-corrected chi connectivity index (χ1v) is 7.93. The molecule has 118 valence electrons. The molecule has 0 aromatic heterocycles. The van der Waals surface area contributed by atoms with Crippen LogP contribution in [0.5, 0.6) is 0 Å². The summed E-state index contributed by atoms with van der Waals surface area (Å²) in [7, 11) is 0. The van der Waals surface area contributed by atoms with Crippen molar-refractivity contribution in [1.29, 1.82) is 0 Å². The molecule has 0 aliphatic heterocycles. The van der Waals surface area contributed by atoms with Crippen LogP contribution in [0.4, 0.5) is 18.9 Å². The van der Waals surface area contributed by atoms with Crippen LogP contribution in [-0.2, 0) is 6.18 Å². The molecule has 1 unspecified atom stereocenters. The van der Waals surface area contributed by atoms with Gasteiger partial charge in [0.25, 0.3) is 0 Å². The van der Waals surface area contributed by atoms with Crippen LogP contribution < -0.4 is 5.32 Å². The van der Waals surface area contributed by atoms with Crippen LogP contribution in [-0.4, -0.2) is 17.8 Å². The predicted octanol–water partition coefficient (Wildman–Crippen LogP) is 4.82. The van der Waals surface area contributed by atoms with Crippen molar-refractivity contribution in [3.05, 3.63) is 28.2 Å². The van der Waals surface area contributed by atoms with Crippen molar-refractivity contribution in [2.45, 2.75) is 44.4 Å². The third-order valence-corrected chi connectivity index (χ3v) is 4.30. The van der Waals surface area contributed by atoms with Gasteiger partial charge in [-0.1, -0.05) is 41.6 Å². The lowest BCUT2D eigenvalue weighted by atomic mass is 10.00. The molecule has 1 aromatic carbocycles. The third kappa shape index (κ3) is 5.18. The summed E-state index contributed by atoms with van der Waals surface area (Å²) < 4.78 is 38.5. The van der Waals surface area contributed by atoms with E-state index in [1.165, 1.54) is 12.8 Å². The molecule has 6 heteroatoms. The molecule has 1 aliphatic rings. The van der Waals surface area contributed by atoms with E-state index in [0.29, 0.717) is 22.5 Å². The second-order valence-electron chi connectivity index (χ2n) is 5.65. The van der Waals surface area contributed by atoms with Gasteiger partial charge in [-0.15, -0.1) is 0 Å². The first-order chi connectivity index (χ1) is 9.84. The van der Waals surface area contributed by atoms with Gasteiger partial charge in [-0.05, 0) is 30.5 Å². The van der Waals surface area contributed by atoms with E-state index in [1.807, 2.05) is 0 Å². The summed E-state index contributed by atoms with van der Waals surface area (Å²) in [6, 6.07) is 3.69. The first-order valence-electron chi connectivity index (χ1n) is 7.14. The molecular formula is C15H19BrF3NO. The lowest BCUT2D eigenvalue weighted by Crippen LogP contribution is -2.22. The lowest BCUT2D eigenvalue weighted by Gasteiger charge is -2.17. The number of aliphatic hydroxyl groups excluding tert-OH is 1. The summed E-state index contributed by atoms with van der Waals surface area (Å²) in [6.45, 7) is 0.268. The van der Waals surface area contributed by atoms with Crippen LogP contribution in [0.2, 0.25) is 0 Å². The van der Waals surface area contributed by atoms with Gasteiger partial charge in [0.05, 0.1) is 11.7 Å². The summed E-state index contributed by atoms with van der Waals surface area (Å²) in [6.07, 6.45) is 0.534. The smallest absolute Gasteiger partial charge is 0.391 e. The molecule has 0 saturated heterocycles. The van der Waals surface area contributed by atoms with E-state index in [9.17, 15) is 18.3 Å². The first kappa shape index (κ1) is 16.6. The standard InChI is InChI=1S/C15H19BrF3NO/c16-12-6-11(15(17,18)19)7-13(8-12)20-9-14(21)5-10-3-1-2-4-10/h6-8,10,14,20-21H,1-5,9H2. The quantitative estimate of drug-likeness (QED) is 0.783. The van der Waals surface area contributed by atoms with E-state index < -0.39 is 17.8 Å². The fraction of sp³-hybridized carbons (Fsp3) is 0.600. The molecule has 0 amide bonds. The van der Waals surface area contributed by atoms with Gasteiger partial charge >= 0.3 is 6.18 Å². The summed E-state index contributed by atoms with van der Waals surface area (Å²) in [5.41, 5.74) is -0.341. The van der Waals surface area contributed by atoms with Crippen molar-refractivity contribution in [2.24, 2.45) is 5.92 Å². The minimum Gasteiger partial charge on any atom is -0.391 e. The number of benzene rings is 1. The van der Waals surface area contributed by atoms with Crippen LogP contribution >= 0.6 is 15.9 Å². The molecule has 1 atom stereocenters. The Bertz CT molecular complexity index is 472. The molecular weight excluding hydrogens is 347 g/mol. The topological polar surface area (TPSA) is 32.3 Å². The summed E-state index contributed by atoms with van der Waals surface area (Å²) >= 11 is 3.08. The van der Waals surface area contributed by atoms with Crippen LogP contribution in [0.1, 0.15) is 37.7 Å². The average molecular weight is 366 g/mol. The van der Waals surface area contributed by atoms with Gasteiger partial charge in [0, 0.05) is 16.7 Å². The molecule has 0 spiro atoms. The third-order valence-electron chi connectivity index (χ3n) is 3.85. The number of hydrogen-bond acceptors (Lipinski definition) is 2. The Morgan fingerprint density at radius 2 is 1.90 bits per heavy atom. The van der Waals surface area contributed by atoms with Crippen molar-refractivity contribution >= 4 is 21.6 Å². The Balaban J connectivity index is 1.91. The van der Waals surface area contributed by atoms with Crippen LogP contribution in [0, 0.1) is 5.92 Å². The molecule has 2 rings (SSSR count). The molecule has 21 heavy (non-hydrogen) atoms. The molecule has 1 aromatic rings. The Kier molecular flexibility index (Phi) is 5.54.